The molecule has 162 valence electrons. The summed E-state index contributed by atoms with van der Waals surface area (Å²) in [4.78, 5) is 39.7. The van der Waals surface area contributed by atoms with Gasteiger partial charge in [-0.25, -0.2) is 4.79 Å². The lowest BCUT2D eigenvalue weighted by molar-refractivity contribution is -0.132. The standard InChI is InChI=1S/C25H23N3O4/c1-2-27(16-18-9-5-3-6-10-18)23(29)17-28-21-15-19(13-14-22(21)32-25(28)31)24(30)26-20-11-7-4-8-12-20/h3-15H,2,16-17H2,1H3,(H,26,30). The molecule has 0 saturated heterocycles. The first-order chi connectivity index (χ1) is 15.5. The van der Waals surface area contributed by atoms with Crippen LogP contribution in [0.4, 0.5) is 5.69 Å². The molecule has 1 N–H and O–H groups in total. The first kappa shape index (κ1) is 21.1. The van der Waals surface area contributed by atoms with Gasteiger partial charge in [0.25, 0.3) is 5.91 Å². The number of oxazole rings is 1. The number of hydrogen-bond donors (Lipinski definition) is 1. The van der Waals surface area contributed by atoms with Gasteiger partial charge in [-0.15, -0.1) is 0 Å². The molecule has 0 unspecified atom stereocenters. The molecular weight excluding hydrogens is 406 g/mol. The summed E-state index contributed by atoms with van der Waals surface area (Å²) in [7, 11) is 0. The molecule has 0 spiro atoms. The molecule has 3 aromatic carbocycles. The number of carbonyl (C=O) groups excluding carboxylic acids is 2. The summed E-state index contributed by atoms with van der Waals surface area (Å²) in [5, 5.41) is 2.81. The van der Waals surface area contributed by atoms with Crippen molar-refractivity contribution in [3.8, 4) is 0 Å². The first-order valence-corrected chi connectivity index (χ1v) is 10.4. The van der Waals surface area contributed by atoms with E-state index >= 15 is 0 Å². The lowest BCUT2D eigenvalue weighted by atomic mass is 10.2. The van der Waals surface area contributed by atoms with Gasteiger partial charge in [0.1, 0.15) is 6.54 Å². The molecule has 0 atom stereocenters. The normalized spacial score (nSPS) is 10.8. The van der Waals surface area contributed by atoms with Crippen LogP contribution >= 0.6 is 0 Å². The van der Waals surface area contributed by atoms with E-state index in [1.165, 1.54) is 4.57 Å². The molecule has 0 aliphatic rings. The molecule has 1 aromatic heterocycles. The van der Waals surface area contributed by atoms with Gasteiger partial charge in [-0.1, -0.05) is 48.5 Å². The Kier molecular flexibility index (Phi) is 6.17. The third-order valence-corrected chi connectivity index (χ3v) is 5.21. The van der Waals surface area contributed by atoms with Crippen molar-refractivity contribution >= 4 is 28.6 Å². The van der Waals surface area contributed by atoms with Gasteiger partial charge in [0, 0.05) is 24.3 Å². The van der Waals surface area contributed by atoms with E-state index in [2.05, 4.69) is 5.32 Å². The molecular formula is C25H23N3O4. The fourth-order valence-corrected chi connectivity index (χ4v) is 3.49. The SMILES string of the molecule is CCN(Cc1ccccc1)C(=O)Cn1c(=O)oc2ccc(C(=O)Nc3ccccc3)cc21. The molecule has 0 bridgehead atoms. The minimum Gasteiger partial charge on any atom is -0.408 e. The number of carbonyl (C=O) groups is 2. The number of aromatic nitrogens is 1. The van der Waals surface area contributed by atoms with Crippen LogP contribution in [0.1, 0.15) is 22.8 Å². The molecule has 2 amide bonds. The Morgan fingerprint density at radius 1 is 0.969 bits per heavy atom. The summed E-state index contributed by atoms with van der Waals surface area (Å²) >= 11 is 0. The van der Waals surface area contributed by atoms with Crippen LogP contribution < -0.4 is 11.1 Å². The van der Waals surface area contributed by atoms with Crippen molar-refractivity contribution in [2.45, 2.75) is 20.0 Å². The van der Waals surface area contributed by atoms with Gasteiger partial charge in [-0.3, -0.25) is 14.2 Å². The molecule has 4 rings (SSSR count). The van der Waals surface area contributed by atoms with Crippen molar-refractivity contribution in [3.63, 3.8) is 0 Å². The van der Waals surface area contributed by atoms with Gasteiger partial charge in [0.2, 0.25) is 5.91 Å². The van der Waals surface area contributed by atoms with E-state index in [-0.39, 0.29) is 18.4 Å². The molecule has 0 aliphatic carbocycles. The number of fused-ring (bicyclic) bond motifs is 1. The molecule has 0 saturated carbocycles. The lowest BCUT2D eigenvalue weighted by Crippen LogP contribution is -2.35. The Balaban J connectivity index is 1.57. The average molecular weight is 429 g/mol. The van der Waals surface area contributed by atoms with Crippen molar-refractivity contribution in [3.05, 3.63) is 101 Å². The number of hydrogen-bond acceptors (Lipinski definition) is 4. The summed E-state index contributed by atoms with van der Waals surface area (Å²) in [5.41, 5.74) is 2.76. The largest absolute Gasteiger partial charge is 0.420 e. The number of rotatable bonds is 7. The minimum atomic E-state index is -0.635. The molecule has 7 nitrogen and oxygen atoms in total. The number of nitrogens with zero attached hydrogens (tertiary/aromatic N) is 2. The topological polar surface area (TPSA) is 84.6 Å². The minimum absolute atomic E-state index is 0.170. The molecule has 1 heterocycles. The summed E-state index contributed by atoms with van der Waals surface area (Å²) in [6, 6.07) is 23.5. The van der Waals surface area contributed by atoms with Gasteiger partial charge in [-0.2, -0.15) is 0 Å². The molecule has 32 heavy (non-hydrogen) atoms. The second-order valence-corrected chi connectivity index (χ2v) is 7.35. The van der Waals surface area contributed by atoms with Crippen molar-refractivity contribution in [2.24, 2.45) is 0 Å². The highest BCUT2D eigenvalue weighted by molar-refractivity contribution is 6.05. The number of nitrogens with one attached hydrogen (secondary N) is 1. The molecule has 4 aromatic rings. The Labute approximate surface area is 184 Å². The Hall–Kier alpha value is -4.13. The first-order valence-electron chi connectivity index (χ1n) is 10.4. The third kappa shape index (κ3) is 4.62. The highest BCUT2D eigenvalue weighted by atomic mass is 16.4. The van der Waals surface area contributed by atoms with Crippen molar-refractivity contribution in [2.75, 3.05) is 11.9 Å². The zero-order valence-corrected chi connectivity index (χ0v) is 17.7. The maximum absolute atomic E-state index is 12.9. The smallest absolute Gasteiger partial charge is 0.408 e. The van der Waals surface area contributed by atoms with Crippen molar-refractivity contribution < 1.29 is 14.0 Å². The molecule has 0 radical (unpaired) electrons. The van der Waals surface area contributed by atoms with Crippen LogP contribution in [0.3, 0.4) is 0 Å². The summed E-state index contributed by atoms with van der Waals surface area (Å²) in [6.45, 7) is 2.67. The Bertz CT molecular complexity index is 1290. The number of likely N-dealkylation sites (N-methyl/N-ethyl adjacent to an activating group) is 1. The fourth-order valence-electron chi connectivity index (χ4n) is 3.49. The fraction of sp³-hybridized carbons (Fsp3) is 0.160. The second-order valence-electron chi connectivity index (χ2n) is 7.35. The van der Waals surface area contributed by atoms with E-state index in [0.717, 1.165) is 5.56 Å². The number of benzene rings is 3. The summed E-state index contributed by atoms with van der Waals surface area (Å²) < 4.78 is 6.56. The molecule has 7 heteroatoms. The van der Waals surface area contributed by atoms with Crippen molar-refractivity contribution in [1.82, 2.24) is 9.47 Å². The molecule has 0 fully saturated rings. The van der Waals surface area contributed by atoms with E-state index in [0.29, 0.717) is 35.4 Å². The molecule has 0 aliphatic heterocycles. The quantitative estimate of drug-likeness (QED) is 0.483. The van der Waals surface area contributed by atoms with Gasteiger partial charge >= 0.3 is 5.76 Å². The van der Waals surface area contributed by atoms with Crippen LogP contribution in [0.25, 0.3) is 11.1 Å². The van der Waals surface area contributed by atoms with E-state index in [1.807, 2.05) is 55.5 Å². The Morgan fingerprint density at radius 2 is 1.66 bits per heavy atom. The van der Waals surface area contributed by atoms with E-state index < -0.39 is 5.76 Å². The van der Waals surface area contributed by atoms with Crippen LogP contribution in [0, 0.1) is 0 Å². The van der Waals surface area contributed by atoms with Gasteiger partial charge < -0.3 is 14.6 Å². The third-order valence-electron chi connectivity index (χ3n) is 5.21. The van der Waals surface area contributed by atoms with E-state index in [1.54, 1.807) is 35.2 Å². The van der Waals surface area contributed by atoms with Crippen molar-refractivity contribution in [1.29, 1.82) is 0 Å². The van der Waals surface area contributed by atoms with E-state index in [4.69, 9.17) is 4.42 Å². The van der Waals surface area contributed by atoms with Gasteiger partial charge in [0.15, 0.2) is 5.58 Å². The zero-order chi connectivity index (χ0) is 22.5. The summed E-state index contributed by atoms with van der Waals surface area (Å²) in [6.07, 6.45) is 0. The number of para-hydroxylation sites is 1. The maximum atomic E-state index is 12.9. The monoisotopic (exact) mass is 429 g/mol. The average Bonchev–Trinajstić information content (AvgIpc) is 3.13. The van der Waals surface area contributed by atoms with Crippen LogP contribution in [-0.4, -0.2) is 27.8 Å². The zero-order valence-electron chi connectivity index (χ0n) is 17.7. The number of anilines is 1. The van der Waals surface area contributed by atoms with Crippen LogP contribution in [-0.2, 0) is 17.9 Å². The highest BCUT2D eigenvalue weighted by Gasteiger charge is 2.19. The Morgan fingerprint density at radius 3 is 2.34 bits per heavy atom. The highest BCUT2D eigenvalue weighted by Crippen LogP contribution is 2.17. The number of amides is 2. The van der Waals surface area contributed by atoms with Gasteiger partial charge in [0.05, 0.1) is 5.52 Å². The van der Waals surface area contributed by atoms with E-state index in [9.17, 15) is 14.4 Å². The lowest BCUT2D eigenvalue weighted by Gasteiger charge is -2.21. The van der Waals surface area contributed by atoms with Crippen LogP contribution in [0.15, 0.2) is 88.1 Å². The predicted molar refractivity (Wildman–Crippen MR) is 122 cm³/mol. The van der Waals surface area contributed by atoms with Crippen LogP contribution in [0.5, 0.6) is 0 Å². The van der Waals surface area contributed by atoms with Crippen LogP contribution in [0.2, 0.25) is 0 Å². The summed E-state index contributed by atoms with van der Waals surface area (Å²) in [5.74, 6) is -1.16. The second kappa shape index (κ2) is 9.34. The predicted octanol–water partition coefficient (Wildman–Crippen LogP) is 3.90. The maximum Gasteiger partial charge on any atom is 0.420 e. The van der Waals surface area contributed by atoms with Gasteiger partial charge in [-0.05, 0) is 42.8 Å².